The zero-order chi connectivity index (χ0) is 17.4. The fourth-order valence-corrected chi connectivity index (χ4v) is 3.76. The Labute approximate surface area is 150 Å². The van der Waals surface area contributed by atoms with Crippen LogP contribution in [0.3, 0.4) is 0 Å². The van der Waals surface area contributed by atoms with Crippen molar-refractivity contribution >= 4 is 43.4 Å². The third-order valence-corrected chi connectivity index (χ3v) is 5.24. The number of carbonyl (C=O) groups is 1. The molecule has 4 rings (SSSR count). The summed E-state index contributed by atoms with van der Waals surface area (Å²) in [6.07, 6.45) is 0. The highest BCUT2D eigenvalue weighted by Gasteiger charge is 2.11. The van der Waals surface area contributed by atoms with E-state index in [1.54, 1.807) is 0 Å². The summed E-state index contributed by atoms with van der Waals surface area (Å²) < 4.78 is 1.10. The fourth-order valence-electron chi connectivity index (χ4n) is 2.85. The topological polar surface area (TPSA) is 42.0 Å². The van der Waals surface area contributed by atoms with E-state index in [-0.39, 0.29) is 5.91 Å². The molecule has 25 heavy (non-hydrogen) atoms. The van der Waals surface area contributed by atoms with Gasteiger partial charge in [0.05, 0.1) is 10.2 Å². The predicted octanol–water partition coefficient (Wildman–Crippen LogP) is 5.83. The van der Waals surface area contributed by atoms with Crippen LogP contribution in [0.2, 0.25) is 0 Å². The normalized spacial score (nSPS) is 11.3. The third kappa shape index (κ3) is 3.13. The molecule has 1 amide bonds. The van der Waals surface area contributed by atoms with Gasteiger partial charge in [0.1, 0.15) is 0 Å². The van der Waals surface area contributed by atoms with Crippen LogP contribution < -0.4 is 5.32 Å². The molecule has 1 N–H and O–H groups in total. The molecule has 0 saturated heterocycles. The van der Waals surface area contributed by atoms with Crippen LogP contribution in [-0.4, -0.2) is 10.9 Å². The number of rotatable bonds is 3. The number of fused-ring (bicyclic) bond motifs is 2. The Hall–Kier alpha value is -2.72. The summed E-state index contributed by atoms with van der Waals surface area (Å²) in [6, 6.07) is 20.0. The number of carbonyl (C=O) groups excluding carboxylic acids is 1. The Balaban J connectivity index is 1.61. The molecule has 4 aromatic rings. The van der Waals surface area contributed by atoms with Crippen molar-refractivity contribution in [2.45, 2.75) is 19.8 Å². The van der Waals surface area contributed by atoms with Gasteiger partial charge in [0, 0.05) is 5.56 Å². The molecule has 124 valence electrons. The van der Waals surface area contributed by atoms with Crippen LogP contribution in [0, 0.1) is 0 Å². The van der Waals surface area contributed by atoms with Crippen LogP contribution in [0.1, 0.15) is 35.7 Å². The number of thiazole rings is 1. The van der Waals surface area contributed by atoms with Gasteiger partial charge in [-0.05, 0) is 46.5 Å². The first kappa shape index (κ1) is 15.8. The molecule has 0 fully saturated rings. The van der Waals surface area contributed by atoms with Crippen LogP contribution in [0.4, 0.5) is 5.13 Å². The lowest BCUT2D eigenvalue weighted by Gasteiger charge is -2.03. The number of aromatic nitrogens is 1. The minimum Gasteiger partial charge on any atom is -0.298 e. The number of nitrogens with zero attached hydrogens (tertiary/aromatic N) is 1. The first-order valence-electron chi connectivity index (χ1n) is 8.31. The van der Waals surface area contributed by atoms with Crippen molar-refractivity contribution in [3.63, 3.8) is 0 Å². The average molecular weight is 346 g/mol. The van der Waals surface area contributed by atoms with Gasteiger partial charge in [-0.25, -0.2) is 4.98 Å². The highest BCUT2D eigenvalue weighted by Crippen LogP contribution is 2.29. The lowest BCUT2D eigenvalue weighted by molar-refractivity contribution is 0.102. The molecule has 0 saturated carbocycles. The van der Waals surface area contributed by atoms with Gasteiger partial charge in [0.15, 0.2) is 5.13 Å². The van der Waals surface area contributed by atoms with E-state index < -0.39 is 0 Å². The van der Waals surface area contributed by atoms with Crippen LogP contribution in [0.15, 0.2) is 60.7 Å². The van der Waals surface area contributed by atoms with Gasteiger partial charge in [-0.1, -0.05) is 61.6 Å². The molecule has 1 aromatic heterocycles. The van der Waals surface area contributed by atoms with E-state index in [2.05, 4.69) is 36.3 Å². The number of anilines is 1. The summed E-state index contributed by atoms with van der Waals surface area (Å²) in [4.78, 5) is 17.1. The van der Waals surface area contributed by atoms with Crippen molar-refractivity contribution in [3.05, 3.63) is 71.8 Å². The van der Waals surface area contributed by atoms with Gasteiger partial charge in [-0.3, -0.25) is 10.1 Å². The standard InChI is InChI=1S/C21H18N2OS/c1-13(2)15-9-10-18-19(12-15)25-21(22-18)23-20(24)17-8-7-14-5-3-4-6-16(14)11-17/h3-13H,1-2H3,(H,22,23,24). The number of benzene rings is 3. The summed E-state index contributed by atoms with van der Waals surface area (Å²) in [5.41, 5.74) is 2.84. The highest BCUT2D eigenvalue weighted by atomic mass is 32.1. The van der Waals surface area contributed by atoms with Gasteiger partial charge < -0.3 is 0 Å². The highest BCUT2D eigenvalue weighted by molar-refractivity contribution is 7.22. The van der Waals surface area contributed by atoms with E-state index in [1.807, 2.05) is 48.5 Å². The predicted molar refractivity (Wildman–Crippen MR) is 106 cm³/mol. The summed E-state index contributed by atoms with van der Waals surface area (Å²) in [6.45, 7) is 4.34. The number of nitrogens with one attached hydrogen (secondary N) is 1. The van der Waals surface area contributed by atoms with Crippen molar-refractivity contribution in [3.8, 4) is 0 Å². The Morgan fingerprint density at radius 2 is 1.80 bits per heavy atom. The quantitative estimate of drug-likeness (QED) is 0.507. The van der Waals surface area contributed by atoms with Gasteiger partial charge in [-0.2, -0.15) is 0 Å². The van der Waals surface area contributed by atoms with E-state index >= 15 is 0 Å². The Morgan fingerprint density at radius 1 is 1.00 bits per heavy atom. The summed E-state index contributed by atoms with van der Waals surface area (Å²) >= 11 is 1.51. The van der Waals surface area contributed by atoms with Crippen LogP contribution >= 0.6 is 11.3 Å². The molecule has 3 aromatic carbocycles. The van der Waals surface area contributed by atoms with Crippen molar-refractivity contribution in [1.82, 2.24) is 4.98 Å². The van der Waals surface area contributed by atoms with Crippen LogP contribution in [0.25, 0.3) is 21.0 Å². The minimum atomic E-state index is -0.131. The Morgan fingerprint density at radius 3 is 2.60 bits per heavy atom. The molecular formula is C21H18N2OS. The molecule has 0 bridgehead atoms. The zero-order valence-electron chi connectivity index (χ0n) is 14.1. The molecular weight excluding hydrogens is 328 g/mol. The zero-order valence-corrected chi connectivity index (χ0v) is 14.9. The van der Waals surface area contributed by atoms with Gasteiger partial charge in [0.25, 0.3) is 5.91 Å². The number of amides is 1. The van der Waals surface area contributed by atoms with Crippen LogP contribution in [-0.2, 0) is 0 Å². The summed E-state index contributed by atoms with van der Waals surface area (Å²) in [7, 11) is 0. The fraction of sp³-hybridized carbons (Fsp3) is 0.143. The third-order valence-electron chi connectivity index (χ3n) is 4.31. The van der Waals surface area contributed by atoms with E-state index in [0.29, 0.717) is 16.6 Å². The number of hydrogen-bond acceptors (Lipinski definition) is 3. The first-order chi connectivity index (χ1) is 12.1. The van der Waals surface area contributed by atoms with Gasteiger partial charge >= 0.3 is 0 Å². The van der Waals surface area contributed by atoms with Crippen molar-refractivity contribution in [2.24, 2.45) is 0 Å². The maximum atomic E-state index is 12.6. The maximum Gasteiger partial charge on any atom is 0.257 e. The maximum absolute atomic E-state index is 12.6. The van der Waals surface area contributed by atoms with E-state index in [9.17, 15) is 4.79 Å². The summed E-state index contributed by atoms with van der Waals surface area (Å²) in [5.74, 6) is 0.344. The Bertz CT molecular complexity index is 1080. The molecule has 0 spiro atoms. The molecule has 4 heteroatoms. The summed E-state index contributed by atoms with van der Waals surface area (Å²) in [5, 5.41) is 5.74. The monoisotopic (exact) mass is 346 g/mol. The SMILES string of the molecule is CC(C)c1ccc2nc(NC(=O)c3ccc4ccccc4c3)sc2c1. The molecule has 3 nitrogen and oxygen atoms in total. The Kier molecular flexibility index (Phi) is 3.98. The second-order valence-corrected chi connectivity index (χ2v) is 7.45. The van der Waals surface area contributed by atoms with E-state index in [0.717, 1.165) is 21.0 Å². The molecule has 1 heterocycles. The smallest absolute Gasteiger partial charge is 0.257 e. The van der Waals surface area contributed by atoms with Crippen molar-refractivity contribution in [1.29, 1.82) is 0 Å². The number of hydrogen-bond donors (Lipinski definition) is 1. The lowest BCUT2D eigenvalue weighted by Crippen LogP contribution is -2.11. The molecule has 0 unspecified atom stereocenters. The van der Waals surface area contributed by atoms with E-state index in [1.165, 1.54) is 16.9 Å². The molecule has 0 aliphatic rings. The molecule has 0 radical (unpaired) electrons. The minimum absolute atomic E-state index is 0.131. The average Bonchev–Trinajstić information content (AvgIpc) is 3.02. The first-order valence-corrected chi connectivity index (χ1v) is 9.12. The largest absolute Gasteiger partial charge is 0.298 e. The van der Waals surface area contributed by atoms with Crippen molar-refractivity contribution < 1.29 is 4.79 Å². The van der Waals surface area contributed by atoms with Gasteiger partial charge in [-0.15, -0.1) is 0 Å². The molecule has 0 aliphatic carbocycles. The molecule has 0 aliphatic heterocycles. The second kappa shape index (κ2) is 6.30. The van der Waals surface area contributed by atoms with Crippen molar-refractivity contribution in [2.75, 3.05) is 5.32 Å². The lowest BCUT2D eigenvalue weighted by atomic mass is 10.0. The van der Waals surface area contributed by atoms with Crippen LogP contribution in [0.5, 0.6) is 0 Å². The second-order valence-electron chi connectivity index (χ2n) is 6.42. The molecule has 0 atom stereocenters. The van der Waals surface area contributed by atoms with E-state index in [4.69, 9.17) is 0 Å². The van der Waals surface area contributed by atoms with Gasteiger partial charge in [0.2, 0.25) is 0 Å².